The van der Waals surface area contributed by atoms with E-state index in [2.05, 4.69) is 26.0 Å². The fraction of sp³-hybridized carbons (Fsp3) is 0.500. The first-order chi connectivity index (χ1) is 7.56. The summed E-state index contributed by atoms with van der Waals surface area (Å²) < 4.78 is 4.84. The highest BCUT2D eigenvalue weighted by Crippen LogP contribution is 2.35. The minimum absolute atomic E-state index is 0.134. The fourth-order valence-corrected chi connectivity index (χ4v) is 2.02. The minimum Gasteiger partial charge on any atom is -0.469 e. The van der Waals surface area contributed by atoms with Crippen LogP contribution in [0.1, 0.15) is 32.8 Å². The maximum absolute atomic E-state index is 11.7. The van der Waals surface area contributed by atoms with Crippen LogP contribution in [0.3, 0.4) is 0 Å². The number of hydrogen-bond donors (Lipinski definition) is 0. The second kappa shape index (κ2) is 5.15. The molecule has 0 aliphatic rings. The maximum atomic E-state index is 11.7. The number of ether oxygens (including phenoxy) is 1. The molecule has 88 valence electrons. The zero-order chi connectivity index (χ0) is 12.2. The molecule has 0 heterocycles. The number of hydrogen-bond acceptors (Lipinski definition) is 2. The van der Waals surface area contributed by atoms with E-state index in [0.29, 0.717) is 0 Å². The van der Waals surface area contributed by atoms with Crippen molar-refractivity contribution in [2.45, 2.75) is 32.6 Å². The van der Waals surface area contributed by atoms with Crippen molar-refractivity contribution in [2.75, 3.05) is 7.11 Å². The van der Waals surface area contributed by atoms with E-state index in [-0.39, 0.29) is 17.3 Å². The first-order valence-corrected chi connectivity index (χ1v) is 5.69. The van der Waals surface area contributed by atoms with Crippen LogP contribution in [0.4, 0.5) is 0 Å². The molecule has 0 spiro atoms. The molecule has 0 N–H and O–H groups in total. The van der Waals surface area contributed by atoms with E-state index in [0.717, 1.165) is 6.42 Å². The third-order valence-corrected chi connectivity index (χ3v) is 3.68. The van der Waals surface area contributed by atoms with Gasteiger partial charge in [-0.25, -0.2) is 0 Å². The van der Waals surface area contributed by atoms with E-state index in [4.69, 9.17) is 4.74 Å². The van der Waals surface area contributed by atoms with Crippen LogP contribution in [0.25, 0.3) is 0 Å². The summed E-state index contributed by atoms with van der Waals surface area (Å²) in [6, 6.07) is 10.1. The van der Waals surface area contributed by atoms with Crippen LogP contribution in [-0.4, -0.2) is 13.1 Å². The first-order valence-electron chi connectivity index (χ1n) is 5.69. The minimum atomic E-state index is -0.158. The summed E-state index contributed by atoms with van der Waals surface area (Å²) >= 11 is 0. The predicted octanol–water partition coefficient (Wildman–Crippen LogP) is 3.16. The highest BCUT2D eigenvalue weighted by atomic mass is 16.5. The molecule has 0 saturated carbocycles. The quantitative estimate of drug-likeness (QED) is 0.728. The van der Waals surface area contributed by atoms with Gasteiger partial charge in [-0.05, 0) is 12.0 Å². The first kappa shape index (κ1) is 12.8. The molecule has 0 aliphatic carbocycles. The lowest BCUT2D eigenvalue weighted by Gasteiger charge is -2.33. The Kier molecular flexibility index (Phi) is 4.11. The SMILES string of the molecule is CCC(C)(c1ccccc1)C(C)C(=O)OC. The summed E-state index contributed by atoms with van der Waals surface area (Å²) in [4.78, 5) is 11.7. The Labute approximate surface area is 97.6 Å². The largest absolute Gasteiger partial charge is 0.469 e. The van der Waals surface area contributed by atoms with Gasteiger partial charge in [0, 0.05) is 5.41 Å². The van der Waals surface area contributed by atoms with Crippen molar-refractivity contribution in [3.63, 3.8) is 0 Å². The van der Waals surface area contributed by atoms with Gasteiger partial charge in [-0.2, -0.15) is 0 Å². The van der Waals surface area contributed by atoms with Gasteiger partial charge in [-0.1, -0.05) is 51.1 Å². The molecule has 0 radical (unpaired) electrons. The third-order valence-electron chi connectivity index (χ3n) is 3.68. The molecule has 2 atom stereocenters. The fourth-order valence-electron chi connectivity index (χ4n) is 2.02. The summed E-state index contributed by atoms with van der Waals surface area (Å²) in [6.07, 6.45) is 0.910. The molecule has 0 saturated heterocycles. The molecule has 0 amide bonds. The Morgan fingerprint density at radius 1 is 1.38 bits per heavy atom. The van der Waals surface area contributed by atoms with Crippen LogP contribution in [-0.2, 0) is 14.9 Å². The van der Waals surface area contributed by atoms with E-state index in [1.54, 1.807) is 0 Å². The predicted molar refractivity (Wildman–Crippen MR) is 65.3 cm³/mol. The Bertz CT molecular complexity index is 345. The second-order valence-corrected chi connectivity index (χ2v) is 4.38. The summed E-state index contributed by atoms with van der Waals surface area (Å²) in [7, 11) is 1.44. The van der Waals surface area contributed by atoms with Gasteiger partial charge in [0.1, 0.15) is 0 Å². The molecule has 0 aliphatic heterocycles. The van der Waals surface area contributed by atoms with Gasteiger partial charge in [0.25, 0.3) is 0 Å². The van der Waals surface area contributed by atoms with Gasteiger partial charge >= 0.3 is 5.97 Å². The smallest absolute Gasteiger partial charge is 0.309 e. The van der Waals surface area contributed by atoms with Crippen molar-refractivity contribution in [3.8, 4) is 0 Å². The van der Waals surface area contributed by atoms with Crippen molar-refractivity contribution in [2.24, 2.45) is 5.92 Å². The Morgan fingerprint density at radius 2 is 1.94 bits per heavy atom. The molecule has 1 aromatic rings. The Hall–Kier alpha value is -1.31. The molecule has 0 fully saturated rings. The molecular formula is C14H20O2. The number of rotatable bonds is 4. The Balaban J connectivity index is 3.07. The summed E-state index contributed by atoms with van der Waals surface area (Å²) in [6.45, 7) is 6.15. The molecule has 1 aromatic carbocycles. The van der Waals surface area contributed by atoms with Gasteiger partial charge in [-0.15, -0.1) is 0 Å². The lowest BCUT2D eigenvalue weighted by molar-refractivity contribution is -0.147. The number of carbonyl (C=O) groups is 1. The van der Waals surface area contributed by atoms with E-state index in [1.807, 2.05) is 25.1 Å². The molecule has 1 rings (SSSR count). The average Bonchev–Trinajstić information content (AvgIpc) is 2.37. The standard InChI is InChI=1S/C14H20O2/c1-5-14(3,11(2)13(15)16-4)12-9-7-6-8-10-12/h6-11H,5H2,1-4H3. The molecule has 0 aromatic heterocycles. The summed E-state index contributed by atoms with van der Waals surface area (Å²) in [5.74, 6) is -0.280. The topological polar surface area (TPSA) is 26.3 Å². The highest BCUT2D eigenvalue weighted by Gasteiger charge is 2.36. The van der Waals surface area contributed by atoms with Crippen LogP contribution in [0.5, 0.6) is 0 Å². The average molecular weight is 220 g/mol. The monoisotopic (exact) mass is 220 g/mol. The normalized spacial score (nSPS) is 16.2. The molecule has 0 bridgehead atoms. The zero-order valence-electron chi connectivity index (χ0n) is 10.5. The lowest BCUT2D eigenvalue weighted by atomic mass is 9.71. The Morgan fingerprint density at radius 3 is 2.38 bits per heavy atom. The van der Waals surface area contributed by atoms with Crippen molar-refractivity contribution >= 4 is 5.97 Å². The van der Waals surface area contributed by atoms with Crippen molar-refractivity contribution in [3.05, 3.63) is 35.9 Å². The molecular weight excluding hydrogens is 200 g/mol. The number of carbonyl (C=O) groups excluding carboxylic acids is 1. The lowest BCUT2D eigenvalue weighted by Crippen LogP contribution is -2.35. The van der Waals surface area contributed by atoms with Crippen LogP contribution in [0.15, 0.2) is 30.3 Å². The van der Waals surface area contributed by atoms with Crippen molar-refractivity contribution in [1.82, 2.24) is 0 Å². The van der Waals surface area contributed by atoms with Crippen LogP contribution in [0.2, 0.25) is 0 Å². The van der Waals surface area contributed by atoms with Gasteiger partial charge in [0.2, 0.25) is 0 Å². The zero-order valence-corrected chi connectivity index (χ0v) is 10.5. The highest BCUT2D eigenvalue weighted by molar-refractivity contribution is 5.74. The summed E-state index contributed by atoms with van der Waals surface area (Å²) in [5.41, 5.74) is 1.03. The number of esters is 1. The van der Waals surface area contributed by atoms with Crippen LogP contribution < -0.4 is 0 Å². The van der Waals surface area contributed by atoms with E-state index < -0.39 is 0 Å². The summed E-state index contributed by atoms with van der Waals surface area (Å²) in [5, 5.41) is 0. The van der Waals surface area contributed by atoms with Crippen LogP contribution >= 0.6 is 0 Å². The van der Waals surface area contributed by atoms with Gasteiger partial charge in [0.15, 0.2) is 0 Å². The van der Waals surface area contributed by atoms with Gasteiger partial charge in [0.05, 0.1) is 13.0 Å². The van der Waals surface area contributed by atoms with Gasteiger partial charge in [-0.3, -0.25) is 4.79 Å². The number of benzene rings is 1. The number of methoxy groups -OCH3 is 1. The van der Waals surface area contributed by atoms with E-state index in [1.165, 1.54) is 12.7 Å². The second-order valence-electron chi connectivity index (χ2n) is 4.38. The molecule has 16 heavy (non-hydrogen) atoms. The third kappa shape index (κ3) is 2.26. The van der Waals surface area contributed by atoms with Crippen molar-refractivity contribution < 1.29 is 9.53 Å². The molecule has 2 nitrogen and oxygen atoms in total. The molecule has 2 heteroatoms. The maximum Gasteiger partial charge on any atom is 0.309 e. The van der Waals surface area contributed by atoms with E-state index >= 15 is 0 Å². The van der Waals surface area contributed by atoms with Gasteiger partial charge < -0.3 is 4.74 Å². The van der Waals surface area contributed by atoms with E-state index in [9.17, 15) is 4.79 Å². The van der Waals surface area contributed by atoms with Crippen molar-refractivity contribution in [1.29, 1.82) is 0 Å². The molecule has 2 unspecified atom stereocenters. The van der Waals surface area contributed by atoms with Crippen LogP contribution in [0, 0.1) is 5.92 Å².